The van der Waals surface area contributed by atoms with Gasteiger partial charge in [-0.25, -0.2) is 9.79 Å². The van der Waals surface area contributed by atoms with Gasteiger partial charge in [-0.1, -0.05) is 12.1 Å². The van der Waals surface area contributed by atoms with Crippen LogP contribution in [0.4, 0.5) is 0 Å². The van der Waals surface area contributed by atoms with Gasteiger partial charge in [0.2, 0.25) is 5.12 Å². The van der Waals surface area contributed by atoms with E-state index in [1.165, 1.54) is 23.9 Å². The molecule has 0 unspecified atom stereocenters. The summed E-state index contributed by atoms with van der Waals surface area (Å²) in [6.07, 6.45) is 3.52. The van der Waals surface area contributed by atoms with E-state index in [0.717, 1.165) is 21.7 Å². The summed E-state index contributed by atoms with van der Waals surface area (Å²) in [7, 11) is 0. The smallest absolute Gasteiger partial charge is 0.335 e. The largest absolute Gasteiger partial charge is 0.478 e. The Labute approximate surface area is 112 Å². The van der Waals surface area contributed by atoms with Gasteiger partial charge in [0.1, 0.15) is 10.1 Å². The molecule has 1 aliphatic heterocycles. The summed E-state index contributed by atoms with van der Waals surface area (Å²) in [5, 5.41) is 8.69. The molecule has 2 rings (SSSR count). The minimum atomic E-state index is -0.968. The van der Waals surface area contributed by atoms with Crippen molar-refractivity contribution in [2.45, 2.75) is 0 Å². The van der Waals surface area contributed by atoms with Gasteiger partial charge < -0.3 is 5.11 Å². The zero-order valence-corrected chi connectivity index (χ0v) is 11.0. The topological polar surface area (TPSA) is 66.7 Å². The third-order valence-electron chi connectivity index (χ3n) is 2.24. The van der Waals surface area contributed by atoms with E-state index < -0.39 is 5.97 Å². The van der Waals surface area contributed by atoms with Crippen LogP contribution >= 0.6 is 23.5 Å². The fourth-order valence-electron chi connectivity index (χ4n) is 1.36. The second kappa shape index (κ2) is 5.41. The molecule has 0 aliphatic carbocycles. The fraction of sp³-hybridized carbons (Fsp3) is 0.0833. The Morgan fingerprint density at radius 2 is 2.06 bits per heavy atom. The maximum Gasteiger partial charge on any atom is 0.335 e. The molecule has 1 N–H and O–H groups in total. The van der Waals surface area contributed by atoms with E-state index in [-0.39, 0.29) is 10.7 Å². The molecule has 0 spiro atoms. The van der Waals surface area contributed by atoms with Crippen LogP contribution in [0.2, 0.25) is 0 Å². The van der Waals surface area contributed by atoms with Crippen LogP contribution in [0, 0.1) is 0 Å². The molecule has 0 amide bonds. The Balaban J connectivity index is 2.25. The Morgan fingerprint density at radius 3 is 2.56 bits per heavy atom. The molecule has 18 heavy (non-hydrogen) atoms. The number of hydrogen-bond acceptors (Lipinski definition) is 5. The molecule has 1 aromatic carbocycles. The number of carbonyl (C=O) groups excluding carboxylic acids is 1. The first-order valence-electron chi connectivity index (χ1n) is 5.00. The number of carboxylic acid groups (broad SMARTS) is 1. The maximum atomic E-state index is 11.6. The average Bonchev–Trinajstić information content (AvgIpc) is 2.71. The van der Waals surface area contributed by atoms with E-state index >= 15 is 0 Å². The Kier molecular flexibility index (Phi) is 3.88. The second-order valence-electron chi connectivity index (χ2n) is 3.43. The molecule has 1 aliphatic rings. The van der Waals surface area contributed by atoms with E-state index in [4.69, 9.17) is 5.11 Å². The summed E-state index contributed by atoms with van der Waals surface area (Å²) in [4.78, 5) is 26.5. The van der Waals surface area contributed by atoms with Crippen LogP contribution < -0.4 is 0 Å². The molecular formula is C12H9NO3S2. The van der Waals surface area contributed by atoms with Gasteiger partial charge in [-0.2, -0.15) is 0 Å². The molecule has 1 aromatic rings. The van der Waals surface area contributed by atoms with Crippen molar-refractivity contribution in [1.29, 1.82) is 0 Å². The Hall–Kier alpha value is -1.53. The number of carboxylic acids is 1. The lowest BCUT2D eigenvalue weighted by Crippen LogP contribution is -1.95. The highest BCUT2D eigenvalue weighted by Gasteiger charge is 2.21. The number of carbonyl (C=O) groups is 2. The number of nitrogens with zero attached hydrogens (tertiary/aromatic N) is 1. The molecule has 0 atom stereocenters. The van der Waals surface area contributed by atoms with Crippen LogP contribution in [0.15, 0.2) is 35.0 Å². The van der Waals surface area contributed by atoms with Crippen molar-refractivity contribution in [2.75, 3.05) is 6.26 Å². The lowest BCUT2D eigenvalue weighted by Gasteiger charge is -1.96. The maximum absolute atomic E-state index is 11.6. The summed E-state index contributed by atoms with van der Waals surface area (Å²) in [6, 6.07) is 6.31. The number of aromatic carboxylic acids is 1. The van der Waals surface area contributed by atoms with Crippen molar-refractivity contribution in [3.05, 3.63) is 41.1 Å². The molecular weight excluding hydrogens is 270 g/mol. The van der Waals surface area contributed by atoms with Crippen LogP contribution in [0.25, 0.3) is 6.08 Å². The van der Waals surface area contributed by atoms with Crippen LogP contribution in [0.3, 0.4) is 0 Å². The van der Waals surface area contributed by atoms with E-state index in [9.17, 15) is 9.59 Å². The minimum Gasteiger partial charge on any atom is -0.478 e. The van der Waals surface area contributed by atoms with Gasteiger partial charge in [-0.05, 0) is 41.8 Å². The number of rotatable bonds is 2. The van der Waals surface area contributed by atoms with Gasteiger partial charge in [0.05, 0.1) is 5.56 Å². The van der Waals surface area contributed by atoms with Gasteiger partial charge >= 0.3 is 5.97 Å². The van der Waals surface area contributed by atoms with Gasteiger partial charge in [0, 0.05) is 0 Å². The van der Waals surface area contributed by atoms with Crippen LogP contribution in [-0.2, 0) is 4.79 Å². The van der Waals surface area contributed by atoms with E-state index in [0.29, 0.717) is 5.70 Å². The lowest BCUT2D eigenvalue weighted by atomic mass is 10.1. The SMILES string of the molecule is CSC1=N/C(=C/c2ccc(C(=O)O)cc2)C(=O)S1. The third kappa shape index (κ3) is 2.83. The summed E-state index contributed by atoms with van der Waals surface area (Å²) >= 11 is 2.54. The molecule has 0 saturated heterocycles. The molecule has 0 fully saturated rings. The van der Waals surface area contributed by atoms with Crippen molar-refractivity contribution in [2.24, 2.45) is 4.99 Å². The summed E-state index contributed by atoms with van der Waals surface area (Å²) < 4.78 is 0.730. The van der Waals surface area contributed by atoms with Crippen molar-refractivity contribution < 1.29 is 14.7 Å². The molecule has 6 heteroatoms. The number of thioether (sulfide) groups is 2. The normalized spacial score (nSPS) is 17.1. The predicted octanol–water partition coefficient (Wildman–Crippen LogP) is 2.72. The van der Waals surface area contributed by atoms with Crippen LogP contribution in [0.5, 0.6) is 0 Å². The first-order chi connectivity index (χ1) is 8.60. The zero-order chi connectivity index (χ0) is 13.1. The van der Waals surface area contributed by atoms with Crippen LogP contribution in [0.1, 0.15) is 15.9 Å². The second-order valence-corrected chi connectivity index (χ2v) is 5.44. The highest BCUT2D eigenvalue weighted by molar-refractivity contribution is 8.45. The number of aliphatic imine (C=N–C) groups is 1. The van der Waals surface area contributed by atoms with Crippen molar-refractivity contribution in [3.8, 4) is 0 Å². The fourth-order valence-corrected chi connectivity index (χ4v) is 2.62. The number of hydrogen-bond donors (Lipinski definition) is 1. The zero-order valence-electron chi connectivity index (χ0n) is 9.41. The predicted molar refractivity (Wildman–Crippen MR) is 74.9 cm³/mol. The standard InChI is InChI=1S/C12H9NO3S2/c1-17-12-13-9(11(16)18-12)6-7-2-4-8(5-3-7)10(14)15/h2-6H,1H3,(H,14,15)/b9-6+. The molecule has 92 valence electrons. The highest BCUT2D eigenvalue weighted by atomic mass is 32.2. The van der Waals surface area contributed by atoms with Gasteiger partial charge in [-0.3, -0.25) is 4.79 Å². The Bertz CT molecular complexity index is 561. The quantitative estimate of drug-likeness (QED) is 0.843. The number of benzene rings is 1. The molecule has 0 aromatic heterocycles. The first-order valence-corrected chi connectivity index (χ1v) is 7.04. The van der Waals surface area contributed by atoms with E-state index in [2.05, 4.69) is 4.99 Å². The minimum absolute atomic E-state index is 0.0818. The first kappa shape index (κ1) is 12.9. The van der Waals surface area contributed by atoms with Crippen molar-refractivity contribution in [3.63, 3.8) is 0 Å². The summed E-state index contributed by atoms with van der Waals surface area (Å²) in [5.41, 5.74) is 1.38. The lowest BCUT2D eigenvalue weighted by molar-refractivity contribution is -0.107. The van der Waals surface area contributed by atoms with E-state index in [1.54, 1.807) is 18.2 Å². The molecule has 0 saturated carbocycles. The van der Waals surface area contributed by atoms with Gasteiger partial charge in [0.25, 0.3) is 0 Å². The van der Waals surface area contributed by atoms with Crippen molar-refractivity contribution in [1.82, 2.24) is 0 Å². The van der Waals surface area contributed by atoms with E-state index in [1.807, 2.05) is 6.26 Å². The summed E-state index contributed by atoms with van der Waals surface area (Å²) in [6.45, 7) is 0. The summed E-state index contributed by atoms with van der Waals surface area (Å²) in [5.74, 6) is -0.968. The monoisotopic (exact) mass is 279 g/mol. The average molecular weight is 279 g/mol. The van der Waals surface area contributed by atoms with Gasteiger partial charge in [0.15, 0.2) is 0 Å². The molecule has 0 bridgehead atoms. The molecule has 4 nitrogen and oxygen atoms in total. The highest BCUT2D eigenvalue weighted by Crippen LogP contribution is 2.29. The van der Waals surface area contributed by atoms with Crippen LogP contribution in [-0.4, -0.2) is 26.8 Å². The Morgan fingerprint density at radius 1 is 1.39 bits per heavy atom. The van der Waals surface area contributed by atoms with Crippen molar-refractivity contribution >= 4 is 45.1 Å². The van der Waals surface area contributed by atoms with Gasteiger partial charge in [-0.15, -0.1) is 11.8 Å². The third-order valence-corrected chi connectivity index (χ3v) is 4.09. The molecule has 0 radical (unpaired) electrons. The molecule has 1 heterocycles.